The van der Waals surface area contributed by atoms with Gasteiger partial charge < -0.3 is 45.6 Å². The van der Waals surface area contributed by atoms with E-state index in [1.165, 1.54) is 18.2 Å². The van der Waals surface area contributed by atoms with Crippen LogP contribution in [0.3, 0.4) is 0 Å². The van der Waals surface area contributed by atoms with Crippen LogP contribution in [0, 0.1) is 5.92 Å². The van der Waals surface area contributed by atoms with E-state index in [9.17, 15) is 45.6 Å². The van der Waals surface area contributed by atoms with Crippen LogP contribution in [0.1, 0.15) is 54.0 Å². The van der Waals surface area contributed by atoms with Gasteiger partial charge in [-0.2, -0.15) is 0 Å². The molecule has 0 spiro atoms. The van der Waals surface area contributed by atoms with Crippen LogP contribution in [-0.2, 0) is 16.1 Å². The second-order valence-corrected chi connectivity index (χ2v) is 9.90. The summed E-state index contributed by atoms with van der Waals surface area (Å²) in [5, 5.41) is 83.4. The monoisotopic (exact) mass is 531 g/mol. The summed E-state index contributed by atoms with van der Waals surface area (Å²) in [7, 11) is 0. The Morgan fingerprint density at radius 1 is 1.00 bits per heavy atom. The average molecular weight is 532 g/mol. The maximum absolute atomic E-state index is 12.2. The van der Waals surface area contributed by atoms with E-state index in [-0.39, 0.29) is 34.3 Å². The first kappa shape index (κ1) is 28.0. The molecule has 0 saturated carbocycles. The van der Waals surface area contributed by atoms with Gasteiger partial charge in [-0.25, -0.2) is 4.79 Å². The number of hydrogen-bond acceptors (Lipinski definition) is 10. The van der Waals surface area contributed by atoms with Gasteiger partial charge in [-0.1, -0.05) is 38.5 Å². The van der Waals surface area contributed by atoms with E-state index in [0.717, 1.165) is 0 Å². The van der Waals surface area contributed by atoms with E-state index >= 15 is 0 Å². The smallest absolute Gasteiger partial charge is 0.328 e. The van der Waals surface area contributed by atoms with Crippen LogP contribution in [0.25, 0.3) is 0 Å². The van der Waals surface area contributed by atoms with E-state index in [2.05, 4.69) is 4.99 Å². The highest BCUT2D eigenvalue weighted by atomic mass is 16.5. The molecule has 1 aliphatic carbocycles. The zero-order valence-electron chi connectivity index (χ0n) is 21.0. The number of carbonyl (C=O) groups is 1. The molecule has 206 valence electrons. The summed E-state index contributed by atoms with van der Waals surface area (Å²) < 4.78 is 5.88. The molecule has 2 aliphatic rings. The van der Waals surface area contributed by atoms with Gasteiger partial charge in [0, 0.05) is 17.0 Å². The lowest BCUT2D eigenvalue weighted by Gasteiger charge is -2.45. The maximum atomic E-state index is 12.2. The van der Waals surface area contributed by atoms with Gasteiger partial charge >= 0.3 is 5.97 Å². The lowest BCUT2D eigenvalue weighted by Crippen LogP contribution is -2.60. The molecule has 1 unspecified atom stereocenters. The van der Waals surface area contributed by atoms with Gasteiger partial charge in [-0.15, -0.1) is 0 Å². The first-order chi connectivity index (χ1) is 18.0. The fourth-order valence-corrected chi connectivity index (χ4v) is 5.35. The Morgan fingerprint density at radius 2 is 1.68 bits per heavy atom. The summed E-state index contributed by atoms with van der Waals surface area (Å²) in [6.07, 6.45) is -6.91. The molecule has 0 amide bonds. The Hall–Kier alpha value is -3.06. The lowest BCUT2D eigenvalue weighted by molar-refractivity contribution is -0.232. The first-order valence-electron chi connectivity index (χ1n) is 12.5. The number of rotatable bonds is 7. The number of ether oxygens (including phenoxy) is 1. The minimum Gasteiger partial charge on any atom is -0.507 e. The molecule has 4 rings (SSSR count). The fourth-order valence-electron chi connectivity index (χ4n) is 5.35. The summed E-state index contributed by atoms with van der Waals surface area (Å²) >= 11 is 0. The number of fused-ring (bicyclic) bond motifs is 2. The number of carboxylic acids is 1. The lowest BCUT2D eigenvalue weighted by atomic mass is 9.71. The molecule has 0 aromatic heterocycles. The number of aromatic hydroxyl groups is 2. The third kappa shape index (κ3) is 4.66. The van der Waals surface area contributed by atoms with E-state index in [4.69, 9.17) is 4.74 Å². The predicted molar refractivity (Wildman–Crippen MR) is 134 cm³/mol. The molecule has 11 nitrogen and oxygen atoms in total. The third-order valence-corrected chi connectivity index (χ3v) is 7.57. The molecular formula is C27H33NO10. The highest BCUT2D eigenvalue weighted by molar-refractivity contribution is 6.19. The quantitative estimate of drug-likeness (QED) is 0.244. The fraction of sp³-hybridized carbons (Fsp3) is 0.481. The normalized spacial score (nSPS) is 29.4. The van der Waals surface area contributed by atoms with Crippen LogP contribution < -0.4 is 0 Å². The van der Waals surface area contributed by atoms with Gasteiger partial charge in [0.05, 0.1) is 25.0 Å². The van der Waals surface area contributed by atoms with Gasteiger partial charge in [0.2, 0.25) is 0 Å². The second kappa shape index (κ2) is 11.0. The van der Waals surface area contributed by atoms with Crippen molar-refractivity contribution in [2.45, 2.75) is 69.4 Å². The molecule has 0 radical (unpaired) electrons. The van der Waals surface area contributed by atoms with Crippen molar-refractivity contribution in [2.75, 3.05) is 6.61 Å². The highest BCUT2D eigenvalue weighted by Crippen LogP contribution is 2.48. The molecule has 2 aromatic carbocycles. The highest BCUT2D eigenvalue weighted by Gasteiger charge is 2.50. The molecule has 8 N–H and O–H groups in total. The van der Waals surface area contributed by atoms with Gasteiger partial charge in [0.25, 0.3) is 0 Å². The number of aliphatic hydroxyl groups excluding tert-OH is 5. The molecule has 1 saturated heterocycles. The van der Waals surface area contributed by atoms with Crippen LogP contribution >= 0.6 is 0 Å². The van der Waals surface area contributed by atoms with E-state index < -0.39 is 61.7 Å². The Bertz CT molecular complexity index is 1230. The van der Waals surface area contributed by atoms with Crippen LogP contribution in [0.4, 0.5) is 0 Å². The molecule has 38 heavy (non-hydrogen) atoms. The summed E-state index contributed by atoms with van der Waals surface area (Å²) in [5.41, 5.74) is 1.15. The Morgan fingerprint density at radius 3 is 2.29 bits per heavy atom. The minimum absolute atomic E-state index is 0.0173. The largest absolute Gasteiger partial charge is 0.507 e. The van der Waals surface area contributed by atoms with Crippen molar-refractivity contribution in [1.82, 2.24) is 0 Å². The van der Waals surface area contributed by atoms with Gasteiger partial charge in [0.15, 0.2) is 6.04 Å². The number of aliphatic imine (C=N–C) groups is 1. The van der Waals surface area contributed by atoms with Crippen LogP contribution in [0.5, 0.6) is 11.5 Å². The van der Waals surface area contributed by atoms with Crippen LogP contribution in [-0.4, -0.2) is 95.7 Å². The molecule has 11 heteroatoms. The number of aliphatic hydroxyl groups is 5. The molecule has 1 aliphatic heterocycles. The first-order valence-corrected chi connectivity index (χ1v) is 12.5. The molecule has 8 atom stereocenters. The second-order valence-electron chi connectivity index (χ2n) is 9.90. The summed E-state index contributed by atoms with van der Waals surface area (Å²) in [5.74, 6) is -3.17. The summed E-state index contributed by atoms with van der Waals surface area (Å²) in [4.78, 5) is 16.7. The third-order valence-electron chi connectivity index (χ3n) is 7.57. The molecule has 2 aromatic rings. The number of aliphatic carboxylic acids is 1. The number of phenolic OH excluding ortho intramolecular Hbond substituents is 2. The Kier molecular flexibility index (Phi) is 8.07. The molecule has 1 fully saturated rings. The van der Waals surface area contributed by atoms with Crippen molar-refractivity contribution >= 4 is 11.7 Å². The topological polar surface area (TPSA) is 200 Å². The van der Waals surface area contributed by atoms with Crippen molar-refractivity contribution in [3.8, 4) is 11.5 Å². The molecular weight excluding hydrogens is 498 g/mol. The van der Waals surface area contributed by atoms with Crippen LogP contribution in [0.2, 0.25) is 0 Å². The zero-order valence-corrected chi connectivity index (χ0v) is 21.0. The van der Waals surface area contributed by atoms with E-state index in [0.29, 0.717) is 23.1 Å². The van der Waals surface area contributed by atoms with Crippen LogP contribution in [0.15, 0.2) is 35.3 Å². The molecule has 1 heterocycles. The number of carboxylic acid groups (broad SMARTS) is 1. The minimum atomic E-state index is -1.68. The number of nitrogens with zero attached hydrogens (tertiary/aromatic N) is 1. The van der Waals surface area contributed by atoms with E-state index in [1.54, 1.807) is 19.1 Å². The van der Waals surface area contributed by atoms with E-state index in [1.807, 2.05) is 6.92 Å². The number of benzene rings is 2. The number of hydrogen-bond donors (Lipinski definition) is 8. The zero-order chi connectivity index (χ0) is 27.9. The standard InChI is InChI=1S/C27H33NO10/c1-3-11(2)21(27(36)37)28-22-19-13(5-4-6-15(19)31)18(14-7-12(9-29)8-16(32)20(14)22)26-25(35)24(34)23(33)17(10-30)38-26/h4-8,11,17-18,21,23-26,29-35H,3,9-10H2,1-2H3,(H,36,37)/t11-,17+,18?,21-,23+,24-,25+,26-/m0/s1. The maximum Gasteiger partial charge on any atom is 0.328 e. The van der Waals surface area contributed by atoms with Gasteiger partial charge in [-0.05, 0) is 34.7 Å². The summed E-state index contributed by atoms with van der Waals surface area (Å²) in [6, 6.07) is 6.15. The van der Waals surface area contributed by atoms with Crippen molar-refractivity contribution in [3.63, 3.8) is 0 Å². The average Bonchev–Trinajstić information content (AvgIpc) is 2.89. The predicted octanol–water partition coefficient (Wildman–Crippen LogP) is 0.214. The van der Waals surface area contributed by atoms with Crippen molar-refractivity contribution < 1.29 is 50.4 Å². The Labute approximate surface area is 218 Å². The summed E-state index contributed by atoms with van der Waals surface area (Å²) in [6.45, 7) is 2.44. The van der Waals surface area contributed by atoms with Gasteiger partial charge in [-0.3, -0.25) is 4.99 Å². The SMILES string of the molecule is CC[C@H](C)[C@H](N=C1c2c(O)cccc2C([C@@H]2O[C@H](CO)[C@@H](O)[C@H](O)[C@H]2O)c2cc(CO)cc(O)c21)C(=O)O. The number of phenols is 2. The Balaban J connectivity index is 2.04. The van der Waals surface area contributed by atoms with Crippen molar-refractivity contribution in [2.24, 2.45) is 10.9 Å². The van der Waals surface area contributed by atoms with Crippen molar-refractivity contribution in [1.29, 1.82) is 0 Å². The van der Waals surface area contributed by atoms with Gasteiger partial charge in [0.1, 0.15) is 35.9 Å². The molecule has 0 bridgehead atoms. The van der Waals surface area contributed by atoms with Crippen molar-refractivity contribution in [3.05, 3.63) is 58.1 Å².